The van der Waals surface area contributed by atoms with Gasteiger partial charge >= 0.3 is 0 Å². The summed E-state index contributed by atoms with van der Waals surface area (Å²) in [6.07, 6.45) is 8.06. The van der Waals surface area contributed by atoms with Crippen LogP contribution in [0.4, 0.5) is 11.5 Å². The van der Waals surface area contributed by atoms with Crippen molar-refractivity contribution in [2.75, 3.05) is 17.6 Å². The topological polar surface area (TPSA) is 80.0 Å². The number of carbonyl (C=O) groups is 1. The second kappa shape index (κ2) is 8.51. The zero-order chi connectivity index (χ0) is 17.5. The van der Waals surface area contributed by atoms with Gasteiger partial charge in [0, 0.05) is 25.0 Å². The highest BCUT2D eigenvalue weighted by Crippen LogP contribution is 2.27. The lowest BCUT2D eigenvalue weighted by Crippen LogP contribution is -2.26. The zero-order valence-electron chi connectivity index (χ0n) is 14.5. The first-order valence-corrected chi connectivity index (χ1v) is 9.04. The van der Waals surface area contributed by atoms with Crippen LogP contribution in [-0.2, 0) is 6.54 Å². The molecule has 3 rings (SSSR count). The molecular weight excluding hydrogens is 312 g/mol. The molecule has 1 aromatic carbocycles. The number of nitrogen functional groups attached to an aromatic ring is 1. The fourth-order valence-corrected chi connectivity index (χ4v) is 3.42. The van der Waals surface area contributed by atoms with Crippen molar-refractivity contribution in [2.45, 2.75) is 38.6 Å². The molecule has 0 saturated heterocycles. The molecule has 1 fully saturated rings. The van der Waals surface area contributed by atoms with Gasteiger partial charge in [0.15, 0.2) is 0 Å². The lowest BCUT2D eigenvalue weighted by molar-refractivity contribution is 0.0952. The number of nitrogens with one attached hydrogen (secondary N) is 2. The number of para-hydroxylation sites is 1. The Morgan fingerprint density at radius 2 is 2.00 bits per heavy atom. The van der Waals surface area contributed by atoms with E-state index >= 15 is 0 Å². The minimum atomic E-state index is -0.0182. The predicted octanol–water partition coefficient (Wildman–Crippen LogP) is 3.59. The quantitative estimate of drug-likeness (QED) is 0.721. The number of nitrogens with two attached hydrogens (primary N) is 1. The number of aromatic nitrogens is 1. The fraction of sp³-hybridized carbons (Fsp3) is 0.400. The third-order valence-electron chi connectivity index (χ3n) is 4.81. The van der Waals surface area contributed by atoms with Crippen LogP contribution >= 0.6 is 0 Å². The van der Waals surface area contributed by atoms with Crippen LogP contribution in [-0.4, -0.2) is 17.4 Å². The van der Waals surface area contributed by atoms with Crippen molar-refractivity contribution in [1.82, 2.24) is 10.3 Å². The van der Waals surface area contributed by atoms with Crippen LogP contribution in [0, 0.1) is 5.92 Å². The predicted molar refractivity (Wildman–Crippen MR) is 101 cm³/mol. The first kappa shape index (κ1) is 17.3. The van der Waals surface area contributed by atoms with Crippen LogP contribution in [0.25, 0.3) is 0 Å². The van der Waals surface area contributed by atoms with E-state index in [1.54, 1.807) is 6.20 Å². The summed E-state index contributed by atoms with van der Waals surface area (Å²) in [5, 5.41) is 6.39. The van der Waals surface area contributed by atoms with E-state index in [0.717, 1.165) is 30.1 Å². The van der Waals surface area contributed by atoms with Crippen LogP contribution in [0.3, 0.4) is 0 Å². The van der Waals surface area contributed by atoms with Gasteiger partial charge in [-0.1, -0.05) is 37.8 Å². The molecule has 132 valence electrons. The highest BCUT2D eigenvalue weighted by Gasteiger charge is 2.16. The first-order chi connectivity index (χ1) is 12.2. The molecule has 0 radical (unpaired) electrons. The number of pyridine rings is 1. The minimum absolute atomic E-state index is 0.0182. The molecule has 0 unspecified atom stereocenters. The van der Waals surface area contributed by atoms with Crippen LogP contribution in [0.5, 0.6) is 0 Å². The number of anilines is 2. The Balaban J connectivity index is 1.56. The van der Waals surface area contributed by atoms with Crippen molar-refractivity contribution < 1.29 is 4.79 Å². The Bertz CT molecular complexity index is 710. The third kappa shape index (κ3) is 4.95. The first-order valence-electron chi connectivity index (χ1n) is 9.04. The molecule has 0 atom stereocenters. The van der Waals surface area contributed by atoms with E-state index in [9.17, 15) is 4.79 Å². The van der Waals surface area contributed by atoms with Crippen molar-refractivity contribution in [3.8, 4) is 0 Å². The summed E-state index contributed by atoms with van der Waals surface area (Å²) >= 11 is 0. The van der Waals surface area contributed by atoms with Crippen molar-refractivity contribution in [2.24, 2.45) is 5.92 Å². The summed E-state index contributed by atoms with van der Waals surface area (Å²) in [4.78, 5) is 16.5. The van der Waals surface area contributed by atoms with E-state index < -0.39 is 0 Å². The Morgan fingerprint density at radius 3 is 2.80 bits per heavy atom. The van der Waals surface area contributed by atoms with Crippen LogP contribution in [0.15, 0.2) is 42.6 Å². The van der Waals surface area contributed by atoms with Crippen LogP contribution in [0.1, 0.15) is 48.0 Å². The maximum atomic E-state index is 12.5. The van der Waals surface area contributed by atoms with Gasteiger partial charge < -0.3 is 16.4 Å². The van der Waals surface area contributed by atoms with Crippen molar-refractivity contribution in [1.29, 1.82) is 0 Å². The van der Waals surface area contributed by atoms with E-state index in [1.165, 1.54) is 25.7 Å². The molecule has 2 aromatic rings. The SMILES string of the molecule is Nc1cc(CNc2ccccc2C(=O)NCCC2CCCC2)ccn1. The molecule has 1 saturated carbocycles. The fourth-order valence-electron chi connectivity index (χ4n) is 3.42. The van der Waals surface area contributed by atoms with E-state index in [1.807, 2.05) is 36.4 Å². The van der Waals surface area contributed by atoms with Gasteiger partial charge in [0.25, 0.3) is 5.91 Å². The van der Waals surface area contributed by atoms with Crippen molar-refractivity contribution in [3.63, 3.8) is 0 Å². The van der Waals surface area contributed by atoms with Gasteiger partial charge in [0.1, 0.15) is 5.82 Å². The molecule has 4 N–H and O–H groups in total. The van der Waals surface area contributed by atoms with Gasteiger partial charge in [-0.25, -0.2) is 4.98 Å². The number of hydrogen-bond donors (Lipinski definition) is 3. The molecule has 0 bridgehead atoms. The number of carbonyl (C=O) groups excluding carboxylic acids is 1. The average molecular weight is 338 g/mol. The maximum Gasteiger partial charge on any atom is 0.253 e. The van der Waals surface area contributed by atoms with Gasteiger partial charge in [-0.2, -0.15) is 0 Å². The summed E-state index contributed by atoms with van der Waals surface area (Å²) in [6, 6.07) is 11.3. The lowest BCUT2D eigenvalue weighted by atomic mass is 10.0. The summed E-state index contributed by atoms with van der Waals surface area (Å²) in [5.74, 6) is 1.26. The highest BCUT2D eigenvalue weighted by atomic mass is 16.1. The molecule has 5 heteroatoms. The largest absolute Gasteiger partial charge is 0.384 e. The molecule has 1 amide bonds. The number of hydrogen-bond acceptors (Lipinski definition) is 4. The summed E-state index contributed by atoms with van der Waals surface area (Å²) in [6.45, 7) is 1.35. The molecule has 1 aliphatic rings. The minimum Gasteiger partial charge on any atom is -0.384 e. The van der Waals surface area contributed by atoms with Crippen LogP contribution < -0.4 is 16.4 Å². The van der Waals surface area contributed by atoms with Gasteiger partial charge in [-0.15, -0.1) is 0 Å². The second-order valence-corrected chi connectivity index (χ2v) is 6.68. The van der Waals surface area contributed by atoms with E-state index in [2.05, 4.69) is 15.6 Å². The van der Waals surface area contributed by atoms with Crippen molar-refractivity contribution in [3.05, 3.63) is 53.7 Å². The van der Waals surface area contributed by atoms with Gasteiger partial charge in [0.2, 0.25) is 0 Å². The average Bonchev–Trinajstić information content (AvgIpc) is 3.14. The molecule has 0 aliphatic heterocycles. The zero-order valence-corrected chi connectivity index (χ0v) is 14.5. The summed E-state index contributed by atoms with van der Waals surface area (Å²) in [7, 11) is 0. The highest BCUT2D eigenvalue weighted by molar-refractivity contribution is 5.99. The molecule has 1 heterocycles. The van der Waals surface area contributed by atoms with Gasteiger partial charge in [-0.3, -0.25) is 4.79 Å². The molecule has 5 nitrogen and oxygen atoms in total. The monoisotopic (exact) mass is 338 g/mol. The van der Waals surface area contributed by atoms with E-state index in [-0.39, 0.29) is 5.91 Å². The third-order valence-corrected chi connectivity index (χ3v) is 4.81. The second-order valence-electron chi connectivity index (χ2n) is 6.68. The number of benzene rings is 1. The lowest BCUT2D eigenvalue weighted by Gasteiger charge is -2.14. The summed E-state index contributed by atoms with van der Waals surface area (Å²) in [5.41, 5.74) is 8.25. The number of amides is 1. The maximum absolute atomic E-state index is 12.5. The normalized spacial score (nSPS) is 14.4. The molecule has 1 aromatic heterocycles. The standard InChI is InChI=1S/C20H26N4O/c21-19-13-16(10-11-22-19)14-24-18-8-4-3-7-17(18)20(25)23-12-9-15-5-1-2-6-15/h3-4,7-8,10-11,13,15,24H,1-2,5-6,9,12,14H2,(H2,21,22)(H,23,25). The summed E-state index contributed by atoms with van der Waals surface area (Å²) < 4.78 is 0. The van der Waals surface area contributed by atoms with E-state index in [4.69, 9.17) is 5.73 Å². The number of nitrogens with zero attached hydrogens (tertiary/aromatic N) is 1. The Morgan fingerprint density at radius 1 is 1.20 bits per heavy atom. The molecule has 1 aliphatic carbocycles. The molecular formula is C20H26N4O. The Hall–Kier alpha value is -2.56. The van der Waals surface area contributed by atoms with Gasteiger partial charge in [0.05, 0.1) is 5.56 Å². The smallest absolute Gasteiger partial charge is 0.253 e. The van der Waals surface area contributed by atoms with Gasteiger partial charge in [-0.05, 0) is 42.2 Å². The van der Waals surface area contributed by atoms with Crippen LogP contribution in [0.2, 0.25) is 0 Å². The Kier molecular flexibility index (Phi) is 5.88. The number of rotatable bonds is 7. The van der Waals surface area contributed by atoms with Crippen molar-refractivity contribution >= 4 is 17.4 Å². The Labute approximate surface area is 149 Å². The molecule has 0 spiro atoms. The van der Waals surface area contributed by atoms with E-state index in [0.29, 0.717) is 17.9 Å². The molecule has 25 heavy (non-hydrogen) atoms.